The Morgan fingerprint density at radius 3 is 3.11 bits per heavy atom. The van der Waals surface area contributed by atoms with Gasteiger partial charge in [-0.05, 0) is 35.9 Å². The lowest BCUT2D eigenvalue weighted by atomic mass is 10.2. The van der Waals surface area contributed by atoms with Crippen LogP contribution in [0.1, 0.15) is 21.7 Å². The number of morpholine rings is 1. The SMILES string of the molecule is O=C(Nc1nc(/C=C/C2CNCCO2)cs1)c1cccn1Cc1ccncc1. The van der Waals surface area contributed by atoms with E-state index in [1.807, 2.05) is 46.5 Å². The van der Waals surface area contributed by atoms with E-state index in [4.69, 9.17) is 4.74 Å². The summed E-state index contributed by atoms with van der Waals surface area (Å²) in [6, 6.07) is 7.54. The van der Waals surface area contributed by atoms with Crippen LogP contribution >= 0.6 is 11.3 Å². The first-order valence-corrected chi connectivity index (χ1v) is 9.97. The van der Waals surface area contributed by atoms with E-state index in [1.54, 1.807) is 18.5 Å². The summed E-state index contributed by atoms with van der Waals surface area (Å²) in [5.41, 5.74) is 2.48. The standard InChI is InChI=1S/C20H21N5O2S/c26-19(18-2-1-10-25(18)13-15-5-7-21-8-6-15)24-20-23-16(14-28-20)3-4-17-12-22-9-11-27-17/h1-8,10,14,17,22H,9,11-13H2,(H,23,24,26)/b4-3+. The molecule has 8 heteroatoms. The second-order valence-electron chi connectivity index (χ2n) is 6.38. The Kier molecular flexibility index (Phi) is 5.91. The van der Waals surface area contributed by atoms with Crippen LogP contribution in [0.5, 0.6) is 0 Å². The maximum atomic E-state index is 12.7. The van der Waals surface area contributed by atoms with Crippen molar-refractivity contribution < 1.29 is 9.53 Å². The van der Waals surface area contributed by atoms with Crippen molar-refractivity contribution in [3.8, 4) is 0 Å². The highest BCUT2D eigenvalue weighted by Gasteiger charge is 2.14. The number of anilines is 1. The second kappa shape index (κ2) is 8.92. The molecule has 0 saturated carbocycles. The molecule has 1 aliphatic rings. The fraction of sp³-hybridized carbons (Fsp3) is 0.250. The van der Waals surface area contributed by atoms with Crippen LogP contribution in [0.2, 0.25) is 0 Å². The smallest absolute Gasteiger partial charge is 0.274 e. The quantitative estimate of drug-likeness (QED) is 0.671. The first kappa shape index (κ1) is 18.5. The number of rotatable bonds is 6. The van der Waals surface area contributed by atoms with Gasteiger partial charge in [-0.25, -0.2) is 4.98 Å². The minimum absolute atomic E-state index is 0.0601. The van der Waals surface area contributed by atoms with Crippen LogP contribution in [0.4, 0.5) is 5.13 Å². The Morgan fingerprint density at radius 1 is 1.39 bits per heavy atom. The first-order valence-electron chi connectivity index (χ1n) is 9.09. The van der Waals surface area contributed by atoms with Gasteiger partial charge < -0.3 is 14.6 Å². The minimum Gasteiger partial charge on any atom is -0.371 e. The Balaban J connectivity index is 1.39. The molecule has 0 bridgehead atoms. The molecule has 144 valence electrons. The summed E-state index contributed by atoms with van der Waals surface area (Å²) >= 11 is 1.40. The van der Waals surface area contributed by atoms with Crippen LogP contribution in [0.3, 0.4) is 0 Å². The second-order valence-corrected chi connectivity index (χ2v) is 7.24. The topological polar surface area (TPSA) is 81.1 Å². The zero-order chi connectivity index (χ0) is 19.2. The number of ether oxygens (including phenoxy) is 1. The molecule has 4 heterocycles. The van der Waals surface area contributed by atoms with Gasteiger partial charge in [0.2, 0.25) is 0 Å². The van der Waals surface area contributed by atoms with Crippen LogP contribution < -0.4 is 10.6 Å². The van der Waals surface area contributed by atoms with E-state index >= 15 is 0 Å². The monoisotopic (exact) mass is 395 g/mol. The molecular weight excluding hydrogens is 374 g/mol. The zero-order valence-electron chi connectivity index (χ0n) is 15.2. The van der Waals surface area contributed by atoms with Crippen molar-refractivity contribution in [2.24, 2.45) is 0 Å². The van der Waals surface area contributed by atoms with Crippen LogP contribution in [-0.2, 0) is 11.3 Å². The molecule has 7 nitrogen and oxygen atoms in total. The molecule has 28 heavy (non-hydrogen) atoms. The normalized spacial score (nSPS) is 17.1. The highest BCUT2D eigenvalue weighted by molar-refractivity contribution is 7.14. The Labute approximate surface area is 167 Å². The van der Waals surface area contributed by atoms with Crippen molar-refractivity contribution in [2.75, 3.05) is 25.0 Å². The molecule has 4 rings (SSSR count). The molecule has 2 N–H and O–H groups in total. The summed E-state index contributed by atoms with van der Waals surface area (Å²) in [5.74, 6) is -0.177. The molecule has 3 aromatic rings. The van der Waals surface area contributed by atoms with Gasteiger partial charge in [-0.3, -0.25) is 15.1 Å². The van der Waals surface area contributed by atoms with E-state index in [0.29, 0.717) is 24.0 Å². The lowest BCUT2D eigenvalue weighted by molar-refractivity contribution is 0.0596. The molecule has 3 aromatic heterocycles. The summed E-state index contributed by atoms with van der Waals surface area (Å²) in [6.07, 6.45) is 9.37. The number of pyridine rings is 1. The van der Waals surface area contributed by atoms with Gasteiger partial charge in [0, 0.05) is 43.6 Å². The Bertz CT molecular complexity index is 944. The molecule has 1 amide bonds. The van der Waals surface area contributed by atoms with Gasteiger partial charge >= 0.3 is 0 Å². The van der Waals surface area contributed by atoms with Crippen molar-refractivity contribution in [2.45, 2.75) is 12.6 Å². The zero-order valence-corrected chi connectivity index (χ0v) is 16.1. The molecule has 1 fully saturated rings. The van der Waals surface area contributed by atoms with Crippen LogP contribution in [0.15, 0.2) is 54.3 Å². The molecule has 0 radical (unpaired) electrons. The van der Waals surface area contributed by atoms with E-state index in [9.17, 15) is 4.79 Å². The highest BCUT2D eigenvalue weighted by atomic mass is 32.1. The fourth-order valence-corrected chi connectivity index (χ4v) is 3.61. The van der Waals surface area contributed by atoms with Gasteiger partial charge in [-0.1, -0.05) is 6.08 Å². The van der Waals surface area contributed by atoms with Crippen LogP contribution in [-0.4, -0.2) is 46.2 Å². The summed E-state index contributed by atoms with van der Waals surface area (Å²) < 4.78 is 7.54. The molecule has 0 aliphatic carbocycles. The van der Waals surface area contributed by atoms with Crippen molar-refractivity contribution in [1.29, 1.82) is 0 Å². The van der Waals surface area contributed by atoms with Crippen molar-refractivity contribution in [3.63, 3.8) is 0 Å². The number of carbonyl (C=O) groups excluding carboxylic acids is 1. The average Bonchev–Trinajstić information content (AvgIpc) is 3.37. The molecule has 1 saturated heterocycles. The van der Waals surface area contributed by atoms with E-state index < -0.39 is 0 Å². The Hall–Kier alpha value is -2.81. The fourth-order valence-electron chi connectivity index (χ4n) is 2.94. The number of hydrogen-bond acceptors (Lipinski definition) is 6. The maximum Gasteiger partial charge on any atom is 0.274 e. The number of carbonyl (C=O) groups is 1. The number of thiazole rings is 1. The molecular formula is C20H21N5O2S. The van der Waals surface area contributed by atoms with Crippen molar-refractivity contribution in [3.05, 3.63) is 71.3 Å². The van der Waals surface area contributed by atoms with Crippen molar-refractivity contribution >= 4 is 28.5 Å². The molecule has 0 spiro atoms. The summed E-state index contributed by atoms with van der Waals surface area (Å²) in [4.78, 5) is 21.2. The third-order valence-corrected chi connectivity index (χ3v) is 5.12. The van der Waals surface area contributed by atoms with Gasteiger partial charge in [0.05, 0.1) is 18.4 Å². The van der Waals surface area contributed by atoms with E-state index in [0.717, 1.165) is 24.3 Å². The average molecular weight is 395 g/mol. The Morgan fingerprint density at radius 2 is 2.29 bits per heavy atom. The molecule has 1 unspecified atom stereocenters. The van der Waals surface area contributed by atoms with Crippen LogP contribution in [0.25, 0.3) is 6.08 Å². The first-order chi connectivity index (χ1) is 13.8. The number of nitrogens with zero attached hydrogens (tertiary/aromatic N) is 3. The van der Waals surface area contributed by atoms with Gasteiger partial charge in [0.1, 0.15) is 5.69 Å². The molecule has 0 aromatic carbocycles. The third-order valence-electron chi connectivity index (χ3n) is 4.34. The summed E-state index contributed by atoms with van der Waals surface area (Å²) in [7, 11) is 0. The molecule has 1 atom stereocenters. The summed E-state index contributed by atoms with van der Waals surface area (Å²) in [6.45, 7) is 3.02. The minimum atomic E-state index is -0.177. The number of hydrogen-bond donors (Lipinski definition) is 2. The number of aromatic nitrogens is 3. The van der Waals surface area contributed by atoms with Gasteiger partial charge in [-0.15, -0.1) is 11.3 Å². The van der Waals surface area contributed by atoms with Crippen molar-refractivity contribution in [1.82, 2.24) is 19.9 Å². The summed E-state index contributed by atoms with van der Waals surface area (Å²) in [5, 5.41) is 8.66. The van der Waals surface area contributed by atoms with Crippen LogP contribution in [0, 0.1) is 0 Å². The molecule has 1 aliphatic heterocycles. The van der Waals surface area contributed by atoms with Gasteiger partial charge in [0.15, 0.2) is 5.13 Å². The largest absolute Gasteiger partial charge is 0.371 e. The lowest BCUT2D eigenvalue weighted by Crippen LogP contribution is -2.37. The van der Waals surface area contributed by atoms with E-state index in [1.165, 1.54) is 11.3 Å². The predicted octanol–water partition coefficient (Wildman–Crippen LogP) is 2.64. The van der Waals surface area contributed by atoms with E-state index in [2.05, 4.69) is 20.6 Å². The number of nitrogens with one attached hydrogen (secondary N) is 2. The third kappa shape index (κ3) is 4.72. The predicted molar refractivity (Wildman–Crippen MR) is 109 cm³/mol. The highest BCUT2D eigenvalue weighted by Crippen LogP contribution is 2.18. The van der Waals surface area contributed by atoms with E-state index in [-0.39, 0.29) is 12.0 Å². The van der Waals surface area contributed by atoms with Gasteiger partial charge in [-0.2, -0.15) is 0 Å². The lowest BCUT2D eigenvalue weighted by Gasteiger charge is -2.20. The number of amides is 1. The van der Waals surface area contributed by atoms with Gasteiger partial charge in [0.25, 0.3) is 5.91 Å². The maximum absolute atomic E-state index is 12.7.